The van der Waals surface area contributed by atoms with Crippen molar-refractivity contribution in [2.24, 2.45) is 27.2 Å². The maximum atomic E-state index is 5.56. The third-order valence-corrected chi connectivity index (χ3v) is 2.17. The summed E-state index contributed by atoms with van der Waals surface area (Å²) < 4.78 is 0. The second-order valence-electron chi connectivity index (χ2n) is 3.58. The van der Waals surface area contributed by atoms with Crippen LogP contribution in [0.15, 0.2) is 9.98 Å². The van der Waals surface area contributed by atoms with Crippen molar-refractivity contribution in [1.82, 2.24) is 0 Å². The van der Waals surface area contributed by atoms with Crippen LogP contribution in [0.3, 0.4) is 0 Å². The van der Waals surface area contributed by atoms with Crippen molar-refractivity contribution in [3.05, 3.63) is 0 Å². The van der Waals surface area contributed by atoms with Crippen LogP contribution in [0.4, 0.5) is 0 Å². The van der Waals surface area contributed by atoms with Crippen LogP contribution in [-0.4, -0.2) is 18.0 Å². The van der Waals surface area contributed by atoms with Gasteiger partial charge in [0.05, 0.1) is 6.04 Å². The summed E-state index contributed by atoms with van der Waals surface area (Å²) in [4.78, 5) is 7.95. The maximum absolute atomic E-state index is 5.56. The first kappa shape index (κ1) is 13.7. The number of guanidine groups is 2. The lowest BCUT2D eigenvalue weighted by atomic mass is 10.1. The van der Waals surface area contributed by atoms with Gasteiger partial charge in [-0.1, -0.05) is 33.1 Å². The molecular formula is C10H23N5. The van der Waals surface area contributed by atoms with E-state index < -0.39 is 0 Å². The SMILES string of the molecule is CCCCCC(CC)N=C(N)N=C(N)N. The number of unbranched alkanes of at least 4 members (excludes halogenated alkanes) is 2. The Morgan fingerprint density at radius 1 is 1.13 bits per heavy atom. The fourth-order valence-corrected chi connectivity index (χ4v) is 1.34. The largest absolute Gasteiger partial charge is 0.370 e. The molecule has 5 nitrogen and oxygen atoms in total. The van der Waals surface area contributed by atoms with Crippen LogP contribution in [-0.2, 0) is 0 Å². The maximum Gasteiger partial charge on any atom is 0.218 e. The van der Waals surface area contributed by atoms with Gasteiger partial charge in [-0.15, -0.1) is 0 Å². The molecule has 0 aromatic carbocycles. The smallest absolute Gasteiger partial charge is 0.218 e. The molecule has 0 saturated carbocycles. The summed E-state index contributed by atoms with van der Waals surface area (Å²) in [7, 11) is 0. The van der Waals surface area contributed by atoms with E-state index in [9.17, 15) is 0 Å². The molecule has 0 radical (unpaired) electrons. The van der Waals surface area contributed by atoms with Crippen LogP contribution < -0.4 is 17.2 Å². The molecule has 0 amide bonds. The molecule has 1 unspecified atom stereocenters. The summed E-state index contributed by atoms with van der Waals surface area (Å²) in [6, 6.07) is 0.236. The van der Waals surface area contributed by atoms with Crippen molar-refractivity contribution in [2.45, 2.75) is 52.0 Å². The molecule has 0 rings (SSSR count). The second-order valence-corrected chi connectivity index (χ2v) is 3.58. The van der Waals surface area contributed by atoms with E-state index in [1.807, 2.05) is 0 Å². The predicted molar refractivity (Wildman–Crippen MR) is 65.7 cm³/mol. The summed E-state index contributed by atoms with van der Waals surface area (Å²) in [6.07, 6.45) is 5.63. The van der Waals surface area contributed by atoms with E-state index in [4.69, 9.17) is 17.2 Å². The van der Waals surface area contributed by atoms with Gasteiger partial charge in [0.2, 0.25) is 5.96 Å². The zero-order chi connectivity index (χ0) is 11.7. The van der Waals surface area contributed by atoms with Crippen LogP contribution in [0, 0.1) is 0 Å². The van der Waals surface area contributed by atoms with Crippen LogP contribution in [0.25, 0.3) is 0 Å². The molecule has 15 heavy (non-hydrogen) atoms. The number of aliphatic imine (C=N–C) groups is 2. The Labute approximate surface area is 91.8 Å². The third-order valence-electron chi connectivity index (χ3n) is 2.17. The molecule has 0 spiro atoms. The quantitative estimate of drug-likeness (QED) is 0.347. The van der Waals surface area contributed by atoms with E-state index in [0.717, 1.165) is 12.8 Å². The van der Waals surface area contributed by atoms with Gasteiger partial charge < -0.3 is 17.2 Å². The Bertz CT molecular complexity index is 218. The minimum atomic E-state index is -0.0420. The monoisotopic (exact) mass is 213 g/mol. The molecule has 0 aromatic heterocycles. The molecule has 0 fully saturated rings. The normalized spacial score (nSPS) is 13.6. The highest BCUT2D eigenvalue weighted by atomic mass is 15.1. The third kappa shape index (κ3) is 7.78. The van der Waals surface area contributed by atoms with Gasteiger partial charge in [-0.2, -0.15) is 4.99 Å². The number of hydrogen-bond acceptors (Lipinski definition) is 1. The van der Waals surface area contributed by atoms with Gasteiger partial charge in [0.25, 0.3) is 0 Å². The summed E-state index contributed by atoms with van der Waals surface area (Å²) >= 11 is 0. The van der Waals surface area contributed by atoms with Crippen molar-refractivity contribution < 1.29 is 0 Å². The summed E-state index contributed by atoms with van der Waals surface area (Å²) in [6.45, 7) is 4.26. The van der Waals surface area contributed by atoms with Crippen LogP contribution >= 0.6 is 0 Å². The van der Waals surface area contributed by atoms with Gasteiger partial charge in [0.1, 0.15) is 0 Å². The molecule has 5 heteroatoms. The van der Waals surface area contributed by atoms with Crippen LogP contribution in [0.1, 0.15) is 46.0 Å². The zero-order valence-corrected chi connectivity index (χ0v) is 9.74. The Morgan fingerprint density at radius 2 is 1.80 bits per heavy atom. The van der Waals surface area contributed by atoms with E-state index >= 15 is 0 Å². The molecule has 0 saturated heterocycles. The van der Waals surface area contributed by atoms with Crippen LogP contribution in [0.5, 0.6) is 0 Å². The molecule has 0 heterocycles. The van der Waals surface area contributed by atoms with Crippen molar-refractivity contribution in [3.8, 4) is 0 Å². The fraction of sp³-hybridized carbons (Fsp3) is 0.800. The number of rotatable bonds is 6. The first-order valence-corrected chi connectivity index (χ1v) is 5.53. The predicted octanol–water partition coefficient (Wildman–Crippen LogP) is 0.933. The minimum Gasteiger partial charge on any atom is -0.370 e. The van der Waals surface area contributed by atoms with Crippen molar-refractivity contribution in [1.29, 1.82) is 0 Å². The van der Waals surface area contributed by atoms with Gasteiger partial charge in [0, 0.05) is 0 Å². The number of nitrogens with zero attached hydrogens (tertiary/aromatic N) is 2. The average Bonchev–Trinajstić information content (AvgIpc) is 2.15. The highest BCUT2D eigenvalue weighted by molar-refractivity contribution is 5.92. The molecule has 6 N–H and O–H groups in total. The van der Waals surface area contributed by atoms with Crippen molar-refractivity contribution >= 4 is 11.9 Å². The Balaban J connectivity index is 4.12. The lowest BCUT2D eigenvalue weighted by molar-refractivity contribution is 0.549. The van der Waals surface area contributed by atoms with Gasteiger partial charge in [-0.25, -0.2) is 4.99 Å². The molecular weight excluding hydrogens is 190 g/mol. The summed E-state index contributed by atoms with van der Waals surface area (Å²) in [5.74, 6) is 0.137. The number of nitrogens with two attached hydrogens (primary N) is 3. The van der Waals surface area contributed by atoms with Crippen LogP contribution in [0.2, 0.25) is 0 Å². The molecule has 1 atom stereocenters. The van der Waals surface area contributed by atoms with Gasteiger partial charge in [-0.05, 0) is 12.8 Å². The molecule has 0 aliphatic carbocycles. The van der Waals surface area contributed by atoms with E-state index in [1.165, 1.54) is 19.3 Å². The Hall–Kier alpha value is -1.26. The van der Waals surface area contributed by atoms with Crippen molar-refractivity contribution in [2.75, 3.05) is 0 Å². The topological polar surface area (TPSA) is 103 Å². The van der Waals surface area contributed by atoms with Crippen molar-refractivity contribution in [3.63, 3.8) is 0 Å². The van der Waals surface area contributed by atoms with Gasteiger partial charge >= 0.3 is 0 Å². The standard InChI is InChI=1S/C10H23N5/c1-3-5-6-7-8(4-2)14-10(13)15-9(11)12/h8H,3-7H2,1-2H3,(H6,11,12,13,14,15). The highest BCUT2D eigenvalue weighted by Gasteiger charge is 2.04. The summed E-state index contributed by atoms with van der Waals surface area (Å²) in [5.41, 5.74) is 16.0. The molecule has 0 aliphatic heterocycles. The van der Waals surface area contributed by atoms with E-state index in [2.05, 4.69) is 23.8 Å². The first-order valence-electron chi connectivity index (χ1n) is 5.53. The second kappa shape index (κ2) is 8.08. The van der Waals surface area contributed by atoms with E-state index in [-0.39, 0.29) is 18.0 Å². The molecule has 0 bridgehead atoms. The molecule has 0 aliphatic rings. The average molecular weight is 213 g/mol. The van der Waals surface area contributed by atoms with E-state index in [1.54, 1.807) is 0 Å². The zero-order valence-electron chi connectivity index (χ0n) is 9.74. The highest BCUT2D eigenvalue weighted by Crippen LogP contribution is 2.09. The van der Waals surface area contributed by atoms with Gasteiger partial charge in [0.15, 0.2) is 5.96 Å². The Kier molecular flexibility index (Phi) is 7.40. The van der Waals surface area contributed by atoms with Gasteiger partial charge in [-0.3, -0.25) is 0 Å². The fourth-order valence-electron chi connectivity index (χ4n) is 1.34. The summed E-state index contributed by atoms with van der Waals surface area (Å²) in [5, 5.41) is 0. The lowest BCUT2D eigenvalue weighted by Gasteiger charge is -2.09. The lowest BCUT2D eigenvalue weighted by Crippen LogP contribution is -2.27. The molecule has 0 aromatic rings. The van der Waals surface area contributed by atoms with E-state index in [0.29, 0.717) is 0 Å². The molecule has 88 valence electrons. The number of hydrogen-bond donors (Lipinski definition) is 3. The Morgan fingerprint density at radius 3 is 2.27 bits per heavy atom. The minimum absolute atomic E-state index is 0.0420. The first-order chi connectivity index (χ1) is 7.10.